The highest BCUT2D eigenvalue weighted by atomic mass is 32.2. The number of anilines is 1. The number of nitrogens with one attached hydrogen (secondary N) is 2. The normalized spacial score (nSPS) is 12.4. The van der Waals surface area contributed by atoms with Gasteiger partial charge in [0, 0.05) is 5.69 Å². The molecule has 0 aliphatic carbocycles. The van der Waals surface area contributed by atoms with Crippen molar-refractivity contribution in [1.82, 2.24) is 10.2 Å². The second-order valence-corrected chi connectivity index (χ2v) is 10.6. The molecular weight excluding hydrogens is 504 g/mol. The average molecular weight is 541 g/mol. The quantitative estimate of drug-likeness (QED) is 0.397. The molecule has 38 heavy (non-hydrogen) atoms. The number of thioether (sulfide) groups is 1. The predicted molar refractivity (Wildman–Crippen MR) is 149 cm³/mol. The molecule has 0 aromatic heterocycles. The summed E-state index contributed by atoms with van der Waals surface area (Å²) in [6, 6.07) is 13.9. The van der Waals surface area contributed by atoms with E-state index in [1.165, 1.54) is 16.7 Å². The van der Waals surface area contributed by atoms with Crippen molar-refractivity contribution >= 4 is 35.4 Å². The summed E-state index contributed by atoms with van der Waals surface area (Å²) >= 11 is 1.51. The van der Waals surface area contributed by atoms with Crippen LogP contribution in [0.15, 0.2) is 48.5 Å². The lowest BCUT2D eigenvalue weighted by Crippen LogP contribution is -2.52. The zero-order valence-electron chi connectivity index (χ0n) is 22.7. The zero-order valence-corrected chi connectivity index (χ0v) is 23.6. The molecular formula is C28H36N4O5S. The van der Waals surface area contributed by atoms with E-state index in [-0.39, 0.29) is 6.54 Å². The van der Waals surface area contributed by atoms with Crippen LogP contribution in [0.5, 0.6) is 5.75 Å². The third-order valence-corrected chi connectivity index (χ3v) is 6.04. The Kier molecular flexibility index (Phi) is 11.5. The summed E-state index contributed by atoms with van der Waals surface area (Å²) in [5, 5.41) is 15.1. The second-order valence-electron chi connectivity index (χ2n) is 9.64. The van der Waals surface area contributed by atoms with Gasteiger partial charge in [-0.15, -0.1) is 0 Å². The van der Waals surface area contributed by atoms with E-state index in [4.69, 9.17) is 9.47 Å². The molecule has 10 heteroatoms. The largest absolute Gasteiger partial charge is 0.497 e. The second kappa shape index (κ2) is 14.3. The first-order valence-corrected chi connectivity index (χ1v) is 13.6. The van der Waals surface area contributed by atoms with Crippen LogP contribution in [0.1, 0.15) is 44.4 Å². The van der Waals surface area contributed by atoms with Gasteiger partial charge in [-0.1, -0.05) is 29.8 Å². The van der Waals surface area contributed by atoms with Gasteiger partial charge in [0.05, 0.1) is 13.2 Å². The van der Waals surface area contributed by atoms with E-state index in [0.717, 1.165) is 5.56 Å². The fraction of sp³-hybridized carbons (Fsp3) is 0.429. The lowest BCUT2D eigenvalue weighted by molar-refractivity contribution is -0.140. The van der Waals surface area contributed by atoms with Gasteiger partial charge >= 0.3 is 6.09 Å². The van der Waals surface area contributed by atoms with Crippen molar-refractivity contribution < 1.29 is 23.9 Å². The van der Waals surface area contributed by atoms with E-state index in [9.17, 15) is 19.6 Å². The number of methoxy groups -OCH3 is 1. The smallest absolute Gasteiger partial charge is 0.408 e. The minimum Gasteiger partial charge on any atom is -0.497 e. The Bertz CT molecular complexity index is 1140. The molecule has 0 aliphatic heterocycles. The number of amides is 3. The molecule has 2 unspecified atom stereocenters. The molecule has 2 N–H and O–H groups in total. The van der Waals surface area contributed by atoms with Gasteiger partial charge in [-0.25, -0.2) is 4.79 Å². The van der Waals surface area contributed by atoms with Crippen LogP contribution < -0.4 is 15.4 Å². The van der Waals surface area contributed by atoms with Crippen LogP contribution in [0.25, 0.3) is 0 Å². The first-order chi connectivity index (χ1) is 18.0. The number of nitrogens with zero attached hydrogens (tertiary/aromatic N) is 2. The lowest BCUT2D eigenvalue weighted by atomic mass is 10.0. The fourth-order valence-corrected chi connectivity index (χ4v) is 4.19. The summed E-state index contributed by atoms with van der Waals surface area (Å²) in [4.78, 5) is 41.3. The summed E-state index contributed by atoms with van der Waals surface area (Å²) < 4.78 is 10.5. The molecule has 2 aromatic carbocycles. The number of alkyl carbamates (subject to hydrolysis) is 1. The van der Waals surface area contributed by atoms with Crippen LogP contribution in [-0.2, 0) is 14.3 Å². The van der Waals surface area contributed by atoms with Gasteiger partial charge < -0.3 is 25.0 Å². The van der Waals surface area contributed by atoms with Crippen molar-refractivity contribution in [3.63, 3.8) is 0 Å². The van der Waals surface area contributed by atoms with Gasteiger partial charge in [0.2, 0.25) is 5.91 Å². The molecule has 2 atom stereocenters. The third kappa shape index (κ3) is 9.30. The summed E-state index contributed by atoms with van der Waals surface area (Å²) in [5.41, 5.74) is 1.18. The van der Waals surface area contributed by atoms with Gasteiger partial charge in [0.25, 0.3) is 5.91 Å². The number of aryl methyl sites for hydroxylation is 1. The average Bonchev–Trinajstić information content (AvgIpc) is 2.85. The fourth-order valence-electron chi connectivity index (χ4n) is 3.71. The zero-order chi connectivity index (χ0) is 28.3. The van der Waals surface area contributed by atoms with E-state index in [1.807, 2.05) is 25.3 Å². The Morgan fingerprint density at radius 1 is 1.13 bits per heavy atom. The Balaban J connectivity index is 2.47. The molecule has 0 heterocycles. The molecule has 0 saturated carbocycles. The van der Waals surface area contributed by atoms with Crippen LogP contribution in [0.2, 0.25) is 0 Å². The van der Waals surface area contributed by atoms with E-state index >= 15 is 0 Å². The Labute approximate surface area is 228 Å². The molecule has 3 amide bonds. The standard InChI is InChI=1S/C28H36N4O5S/c1-19-8-7-9-20(18-19)24(25(33)30-21-10-12-22(36-5)13-11-21)32(16-15-29)26(34)23(14-17-38-6)31-27(35)37-28(2,3)4/h7-13,18,23-24H,14,16-17H2,1-6H3,(H,30,33)(H,31,35). The predicted octanol–water partition coefficient (Wildman–Crippen LogP) is 4.68. The molecule has 0 spiro atoms. The number of carbonyl (C=O) groups is 3. The van der Waals surface area contributed by atoms with Crippen molar-refractivity contribution in [2.45, 2.75) is 51.8 Å². The summed E-state index contributed by atoms with van der Waals surface area (Å²) in [6.45, 7) is 6.70. The molecule has 0 fully saturated rings. The molecule has 2 aromatic rings. The number of hydrogen-bond acceptors (Lipinski definition) is 7. The number of carbonyl (C=O) groups excluding carboxylic acids is 3. The molecule has 0 aliphatic rings. The maximum absolute atomic E-state index is 13.9. The Hall–Kier alpha value is -3.71. The number of rotatable bonds is 11. The topological polar surface area (TPSA) is 121 Å². The molecule has 9 nitrogen and oxygen atoms in total. The van der Waals surface area contributed by atoms with Crippen molar-refractivity contribution in [2.24, 2.45) is 0 Å². The molecule has 0 saturated heterocycles. The minimum absolute atomic E-state index is 0.293. The monoisotopic (exact) mass is 540 g/mol. The maximum Gasteiger partial charge on any atom is 0.408 e. The number of benzene rings is 2. The van der Waals surface area contributed by atoms with E-state index in [0.29, 0.717) is 29.2 Å². The lowest BCUT2D eigenvalue weighted by Gasteiger charge is -2.33. The van der Waals surface area contributed by atoms with Crippen molar-refractivity contribution in [1.29, 1.82) is 5.26 Å². The van der Waals surface area contributed by atoms with Crippen LogP contribution in [0.4, 0.5) is 10.5 Å². The molecule has 2 rings (SSSR count). The molecule has 0 bridgehead atoms. The van der Waals surface area contributed by atoms with Gasteiger partial charge in [-0.3, -0.25) is 9.59 Å². The number of hydrogen-bond donors (Lipinski definition) is 2. The van der Waals surface area contributed by atoms with Crippen molar-refractivity contribution in [3.8, 4) is 11.8 Å². The van der Waals surface area contributed by atoms with Crippen LogP contribution in [-0.4, -0.2) is 60.1 Å². The third-order valence-electron chi connectivity index (χ3n) is 5.40. The molecule has 0 radical (unpaired) electrons. The first-order valence-electron chi connectivity index (χ1n) is 12.2. The summed E-state index contributed by atoms with van der Waals surface area (Å²) in [6.07, 6.45) is 1.44. The SMILES string of the molecule is COc1ccc(NC(=O)C(c2cccc(C)c2)N(CC#N)C(=O)C(CCSC)NC(=O)OC(C)(C)C)cc1. The highest BCUT2D eigenvalue weighted by molar-refractivity contribution is 7.98. The van der Waals surface area contributed by atoms with E-state index < -0.39 is 35.6 Å². The minimum atomic E-state index is -1.12. The highest BCUT2D eigenvalue weighted by Crippen LogP contribution is 2.26. The maximum atomic E-state index is 13.9. The van der Waals surface area contributed by atoms with Gasteiger partial charge in [0.15, 0.2) is 0 Å². The van der Waals surface area contributed by atoms with Crippen LogP contribution in [0.3, 0.4) is 0 Å². The van der Waals surface area contributed by atoms with Crippen molar-refractivity contribution in [3.05, 3.63) is 59.7 Å². The number of ether oxygens (including phenoxy) is 2. The molecule has 204 valence electrons. The van der Waals surface area contributed by atoms with Crippen molar-refractivity contribution in [2.75, 3.05) is 31.0 Å². The van der Waals surface area contributed by atoms with Crippen LogP contribution in [0, 0.1) is 18.3 Å². The Morgan fingerprint density at radius 2 is 1.82 bits per heavy atom. The number of nitriles is 1. The van der Waals surface area contributed by atoms with Gasteiger partial charge in [0.1, 0.15) is 30.0 Å². The van der Waals surface area contributed by atoms with Crippen LogP contribution >= 0.6 is 11.8 Å². The highest BCUT2D eigenvalue weighted by Gasteiger charge is 2.36. The van der Waals surface area contributed by atoms with Gasteiger partial charge in [-0.2, -0.15) is 17.0 Å². The first kappa shape index (κ1) is 30.5. The summed E-state index contributed by atoms with van der Waals surface area (Å²) in [7, 11) is 1.55. The summed E-state index contributed by atoms with van der Waals surface area (Å²) in [5.74, 6) is 0.150. The van der Waals surface area contributed by atoms with E-state index in [1.54, 1.807) is 70.3 Å². The van der Waals surface area contributed by atoms with E-state index in [2.05, 4.69) is 10.6 Å². The Morgan fingerprint density at radius 3 is 2.37 bits per heavy atom. The van der Waals surface area contributed by atoms with Gasteiger partial charge in [-0.05, 0) is 76.0 Å².